The fraction of sp³-hybridized carbons (Fsp3) is 0.500. The largest absolute Gasteiger partial charge is 0.481 e. The zero-order chi connectivity index (χ0) is 15.6. The maximum absolute atomic E-state index is 5.36. The highest BCUT2D eigenvalue weighted by Crippen LogP contribution is 2.17. The molecule has 1 aromatic carbocycles. The quantitative estimate of drug-likeness (QED) is 0.481. The third kappa shape index (κ3) is 5.33. The van der Waals surface area contributed by atoms with Crippen molar-refractivity contribution < 1.29 is 4.74 Å². The topological polar surface area (TPSA) is 45.6 Å². The summed E-state index contributed by atoms with van der Waals surface area (Å²) in [4.78, 5) is 4.29. The molecule has 0 bridgehead atoms. The van der Waals surface area contributed by atoms with Gasteiger partial charge >= 0.3 is 0 Å². The van der Waals surface area contributed by atoms with E-state index in [0.29, 0.717) is 12.6 Å². The lowest BCUT2D eigenvalue weighted by Gasteiger charge is -2.16. The van der Waals surface area contributed by atoms with Crippen molar-refractivity contribution in [3.05, 3.63) is 29.8 Å². The molecule has 0 saturated heterocycles. The first kappa shape index (κ1) is 16.2. The number of hydrogen-bond donors (Lipinski definition) is 2. The van der Waals surface area contributed by atoms with Crippen LogP contribution in [-0.4, -0.2) is 32.2 Å². The average molecular weight is 299 g/mol. The Bertz CT molecular complexity index is 510. The Hall–Kier alpha value is -2.15. The number of nitrogens with one attached hydrogen (secondary N) is 2. The molecule has 1 aliphatic rings. The molecule has 118 valence electrons. The van der Waals surface area contributed by atoms with Gasteiger partial charge in [0, 0.05) is 19.6 Å². The zero-order valence-electron chi connectivity index (χ0n) is 13.3. The molecule has 1 aliphatic carbocycles. The first-order valence-corrected chi connectivity index (χ1v) is 7.94. The van der Waals surface area contributed by atoms with E-state index < -0.39 is 0 Å². The highest BCUT2D eigenvalue weighted by atomic mass is 16.5. The minimum Gasteiger partial charge on any atom is -0.481 e. The second-order valence-corrected chi connectivity index (χ2v) is 5.51. The van der Waals surface area contributed by atoms with Gasteiger partial charge in [-0.2, -0.15) is 0 Å². The Morgan fingerprint density at radius 2 is 2.05 bits per heavy atom. The van der Waals surface area contributed by atoms with Gasteiger partial charge in [-0.05, 0) is 37.0 Å². The Kier molecular flexibility index (Phi) is 6.63. The molecule has 4 heteroatoms. The summed E-state index contributed by atoms with van der Waals surface area (Å²) in [6, 6.07) is 8.64. The van der Waals surface area contributed by atoms with Gasteiger partial charge in [-0.15, -0.1) is 6.42 Å². The summed E-state index contributed by atoms with van der Waals surface area (Å²) in [5, 5.41) is 6.86. The maximum Gasteiger partial charge on any atom is 0.191 e. The molecule has 1 aromatic rings. The number of terminal acetylenes is 1. The molecule has 2 N–H and O–H groups in total. The molecular weight excluding hydrogens is 274 g/mol. The standard InChI is InChI=1S/C18H25N3O/c1-3-14-22-17-10-8-15(9-11-17)12-13-20-18(19-2)21-16-6-4-5-7-16/h1,8-11,16H,4-7,12-14H2,2H3,(H2,19,20,21). The molecule has 0 atom stereocenters. The number of nitrogens with zero attached hydrogens (tertiary/aromatic N) is 1. The Morgan fingerprint density at radius 1 is 1.32 bits per heavy atom. The van der Waals surface area contributed by atoms with Crippen LogP contribution in [0.15, 0.2) is 29.3 Å². The van der Waals surface area contributed by atoms with Gasteiger partial charge < -0.3 is 15.4 Å². The number of hydrogen-bond acceptors (Lipinski definition) is 2. The molecule has 1 saturated carbocycles. The highest BCUT2D eigenvalue weighted by Gasteiger charge is 2.15. The smallest absolute Gasteiger partial charge is 0.191 e. The molecule has 0 aromatic heterocycles. The van der Waals surface area contributed by atoms with Crippen LogP contribution in [0.2, 0.25) is 0 Å². The van der Waals surface area contributed by atoms with Crippen LogP contribution in [0.3, 0.4) is 0 Å². The lowest BCUT2D eigenvalue weighted by molar-refractivity contribution is 0.370. The zero-order valence-corrected chi connectivity index (χ0v) is 13.3. The summed E-state index contributed by atoms with van der Waals surface area (Å²) in [6.45, 7) is 1.17. The van der Waals surface area contributed by atoms with Crippen LogP contribution in [-0.2, 0) is 6.42 Å². The Morgan fingerprint density at radius 3 is 2.68 bits per heavy atom. The highest BCUT2D eigenvalue weighted by molar-refractivity contribution is 5.79. The van der Waals surface area contributed by atoms with Gasteiger partial charge in [0.05, 0.1) is 0 Å². The molecule has 0 spiro atoms. The number of benzene rings is 1. The lowest BCUT2D eigenvalue weighted by atomic mass is 10.1. The van der Waals surface area contributed by atoms with E-state index in [0.717, 1.165) is 24.7 Å². The fourth-order valence-electron chi connectivity index (χ4n) is 2.66. The third-order valence-electron chi connectivity index (χ3n) is 3.87. The normalized spacial score (nSPS) is 15.4. The van der Waals surface area contributed by atoms with E-state index in [1.807, 2.05) is 19.2 Å². The third-order valence-corrected chi connectivity index (χ3v) is 3.87. The van der Waals surface area contributed by atoms with Crippen molar-refractivity contribution in [2.75, 3.05) is 20.2 Å². The van der Waals surface area contributed by atoms with Crippen molar-refractivity contribution in [2.45, 2.75) is 38.1 Å². The molecule has 4 nitrogen and oxygen atoms in total. The average Bonchev–Trinajstić information content (AvgIpc) is 3.06. The summed E-state index contributed by atoms with van der Waals surface area (Å²) in [5.41, 5.74) is 1.26. The molecule has 22 heavy (non-hydrogen) atoms. The van der Waals surface area contributed by atoms with Crippen LogP contribution in [0.5, 0.6) is 5.75 Å². The van der Waals surface area contributed by atoms with Gasteiger partial charge in [-0.25, -0.2) is 0 Å². The van der Waals surface area contributed by atoms with E-state index in [1.165, 1.54) is 31.2 Å². The van der Waals surface area contributed by atoms with Crippen LogP contribution >= 0.6 is 0 Å². The van der Waals surface area contributed by atoms with E-state index in [2.05, 4.69) is 33.7 Å². The second-order valence-electron chi connectivity index (χ2n) is 5.51. The number of aliphatic imine (C=N–C) groups is 1. The molecule has 2 rings (SSSR count). The van der Waals surface area contributed by atoms with Gasteiger partial charge in [-0.1, -0.05) is 30.9 Å². The van der Waals surface area contributed by atoms with E-state index >= 15 is 0 Å². The summed E-state index contributed by atoms with van der Waals surface area (Å²) in [7, 11) is 1.82. The van der Waals surface area contributed by atoms with Crippen molar-refractivity contribution >= 4 is 5.96 Å². The monoisotopic (exact) mass is 299 g/mol. The molecule has 1 fully saturated rings. The van der Waals surface area contributed by atoms with Crippen LogP contribution in [0.4, 0.5) is 0 Å². The van der Waals surface area contributed by atoms with E-state index in [1.54, 1.807) is 0 Å². The SMILES string of the molecule is C#CCOc1ccc(CCNC(=NC)NC2CCCC2)cc1. The van der Waals surface area contributed by atoms with Crippen LogP contribution in [0.25, 0.3) is 0 Å². The van der Waals surface area contributed by atoms with Gasteiger partial charge in [0.25, 0.3) is 0 Å². The molecule has 0 heterocycles. The van der Waals surface area contributed by atoms with Crippen LogP contribution in [0, 0.1) is 12.3 Å². The lowest BCUT2D eigenvalue weighted by Crippen LogP contribution is -2.42. The molecule has 0 amide bonds. The minimum atomic E-state index is 0.310. The minimum absolute atomic E-state index is 0.310. The molecular formula is C18H25N3O. The number of guanidine groups is 1. The van der Waals surface area contributed by atoms with Crippen molar-refractivity contribution in [3.63, 3.8) is 0 Å². The van der Waals surface area contributed by atoms with Crippen molar-refractivity contribution in [1.29, 1.82) is 0 Å². The van der Waals surface area contributed by atoms with E-state index in [4.69, 9.17) is 11.2 Å². The summed E-state index contributed by atoms with van der Waals surface area (Å²) < 4.78 is 5.36. The van der Waals surface area contributed by atoms with E-state index in [-0.39, 0.29) is 0 Å². The molecule has 0 radical (unpaired) electrons. The second kappa shape index (κ2) is 8.99. The van der Waals surface area contributed by atoms with Crippen LogP contribution in [0.1, 0.15) is 31.2 Å². The Balaban J connectivity index is 1.71. The first-order chi connectivity index (χ1) is 10.8. The Labute approximate surface area is 133 Å². The van der Waals surface area contributed by atoms with E-state index in [9.17, 15) is 0 Å². The summed E-state index contributed by atoms with van der Waals surface area (Å²) in [6.07, 6.45) is 11.3. The van der Waals surface area contributed by atoms with Crippen molar-refractivity contribution in [3.8, 4) is 18.1 Å². The van der Waals surface area contributed by atoms with Crippen molar-refractivity contribution in [2.24, 2.45) is 4.99 Å². The molecule has 0 unspecified atom stereocenters. The van der Waals surface area contributed by atoms with Gasteiger partial charge in [0.15, 0.2) is 5.96 Å². The van der Waals surface area contributed by atoms with Gasteiger partial charge in [-0.3, -0.25) is 4.99 Å². The molecule has 0 aliphatic heterocycles. The van der Waals surface area contributed by atoms with Crippen molar-refractivity contribution in [1.82, 2.24) is 10.6 Å². The predicted octanol–water partition coefficient (Wildman–Crippen LogP) is 2.35. The van der Waals surface area contributed by atoms with Gasteiger partial charge in [0.2, 0.25) is 0 Å². The maximum atomic E-state index is 5.36. The first-order valence-electron chi connectivity index (χ1n) is 7.94. The van der Waals surface area contributed by atoms with Crippen LogP contribution < -0.4 is 15.4 Å². The number of ether oxygens (including phenoxy) is 1. The predicted molar refractivity (Wildman–Crippen MR) is 91.2 cm³/mol. The summed E-state index contributed by atoms with van der Waals surface area (Å²) in [5.74, 6) is 4.18. The fourth-order valence-corrected chi connectivity index (χ4v) is 2.66. The van der Waals surface area contributed by atoms with Gasteiger partial charge in [0.1, 0.15) is 12.4 Å². The summed E-state index contributed by atoms with van der Waals surface area (Å²) >= 11 is 0. The number of rotatable bonds is 6.